The SMILES string of the molecule is CC(C)=CCCC(C)=CC[C@@]1(O)Oc2cccc(C)c2C1=O. The third-order valence-corrected chi connectivity index (χ3v) is 3.91. The Bertz CT molecular complexity index is 636. The van der Waals surface area contributed by atoms with Crippen LogP contribution < -0.4 is 4.74 Å². The molecule has 1 heterocycles. The second-order valence-corrected chi connectivity index (χ2v) is 6.24. The summed E-state index contributed by atoms with van der Waals surface area (Å²) in [6, 6.07) is 5.41. The van der Waals surface area contributed by atoms with Gasteiger partial charge in [-0.3, -0.25) is 4.79 Å². The summed E-state index contributed by atoms with van der Waals surface area (Å²) in [4.78, 5) is 12.4. The fourth-order valence-electron chi connectivity index (χ4n) is 2.58. The molecule has 1 aromatic rings. The smallest absolute Gasteiger partial charge is 0.276 e. The van der Waals surface area contributed by atoms with E-state index in [2.05, 4.69) is 19.9 Å². The van der Waals surface area contributed by atoms with Gasteiger partial charge in [0.25, 0.3) is 5.79 Å². The number of Topliss-reactive ketones (excluding diaryl/α,β-unsaturated/α-hetero) is 1. The van der Waals surface area contributed by atoms with Crippen molar-refractivity contribution in [1.29, 1.82) is 0 Å². The molecule has 0 fully saturated rings. The molecule has 3 heteroatoms. The van der Waals surface area contributed by atoms with E-state index in [9.17, 15) is 9.90 Å². The molecule has 0 saturated heterocycles. The van der Waals surface area contributed by atoms with Gasteiger partial charge >= 0.3 is 0 Å². The van der Waals surface area contributed by atoms with Crippen molar-refractivity contribution in [2.24, 2.45) is 0 Å². The Hall–Kier alpha value is -1.87. The molecular formula is C19H24O3. The average Bonchev–Trinajstić information content (AvgIpc) is 2.70. The summed E-state index contributed by atoms with van der Waals surface area (Å²) in [5.41, 5.74) is 3.78. The van der Waals surface area contributed by atoms with E-state index in [1.165, 1.54) is 5.57 Å². The lowest BCUT2D eigenvalue weighted by atomic mass is 9.98. The Kier molecular flexibility index (Phi) is 4.87. The van der Waals surface area contributed by atoms with Crippen LogP contribution in [0.15, 0.2) is 41.5 Å². The van der Waals surface area contributed by atoms with Crippen LogP contribution in [0.5, 0.6) is 5.75 Å². The van der Waals surface area contributed by atoms with Crippen LogP contribution in [0.1, 0.15) is 56.0 Å². The van der Waals surface area contributed by atoms with E-state index >= 15 is 0 Å². The Morgan fingerprint density at radius 1 is 1.27 bits per heavy atom. The number of aliphatic hydroxyl groups is 1. The molecular weight excluding hydrogens is 276 g/mol. The van der Waals surface area contributed by atoms with Crippen molar-refractivity contribution in [1.82, 2.24) is 0 Å². The van der Waals surface area contributed by atoms with Crippen LogP contribution in [-0.4, -0.2) is 16.7 Å². The number of allylic oxidation sites excluding steroid dienone is 3. The lowest BCUT2D eigenvalue weighted by Crippen LogP contribution is -2.39. The molecule has 1 atom stereocenters. The van der Waals surface area contributed by atoms with Crippen molar-refractivity contribution in [3.8, 4) is 5.75 Å². The predicted octanol–water partition coefficient (Wildman–Crippen LogP) is 4.34. The molecule has 3 nitrogen and oxygen atoms in total. The molecule has 0 bridgehead atoms. The average molecular weight is 300 g/mol. The van der Waals surface area contributed by atoms with Gasteiger partial charge < -0.3 is 9.84 Å². The second kappa shape index (κ2) is 6.49. The fourth-order valence-corrected chi connectivity index (χ4v) is 2.58. The standard InChI is InChI=1S/C19H24O3/c1-13(2)7-5-8-14(3)11-12-19(21)18(20)17-15(4)9-6-10-16(17)22-19/h6-7,9-11,21H,5,8,12H2,1-4H3/t19-/m1/s1. The van der Waals surface area contributed by atoms with E-state index in [0.29, 0.717) is 11.3 Å². The van der Waals surface area contributed by atoms with Gasteiger partial charge in [-0.15, -0.1) is 0 Å². The molecule has 0 saturated carbocycles. The van der Waals surface area contributed by atoms with Crippen molar-refractivity contribution in [2.45, 2.75) is 52.7 Å². The second-order valence-electron chi connectivity index (χ2n) is 6.24. The zero-order chi connectivity index (χ0) is 16.3. The number of carbonyl (C=O) groups excluding carboxylic acids is 1. The summed E-state index contributed by atoms with van der Waals surface area (Å²) in [5, 5.41) is 10.5. The highest BCUT2D eigenvalue weighted by atomic mass is 16.6. The first-order valence-corrected chi connectivity index (χ1v) is 7.68. The monoisotopic (exact) mass is 300 g/mol. The first kappa shape index (κ1) is 16.5. The van der Waals surface area contributed by atoms with Gasteiger partial charge in [0, 0.05) is 6.42 Å². The first-order chi connectivity index (χ1) is 10.3. The van der Waals surface area contributed by atoms with Gasteiger partial charge in [-0.1, -0.05) is 35.4 Å². The maximum absolute atomic E-state index is 12.4. The fraction of sp³-hybridized carbons (Fsp3) is 0.421. The van der Waals surface area contributed by atoms with E-state index in [-0.39, 0.29) is 12.2 Å². The quantitative estimate of drug-likeness (QED) is 0.823. The molecule has 0 aliphatic carbocycles. The molecule has 0 spiro atoms. The van der Waals surface area contributed by atoms with Gasteiger partial charge in [0.2, 0.25) is 5.78 Å². The minimum Gasteiger partial charge on any atom is -0.453 e. The highest BCUT2D eigenvalue weighted by Crippen LogP contribution is 2.37. The van der Waals surface area contributed by atoms with Crippen LogP contribution >= 0.6 is 0 Å². The summed E-state index contributed by atoms with van der Waals surface area (Å²) >= 11 is 0. The Morgan fingerprint density at radius 2 is 2.00 bits per heavy atom. The number of hydrogen-bond acceptors (Lipinski definition) is 3. The number of rotatable bonds is 5. The number of benzene rings is 1. The summed E-state index contributed by atoms with van der Waals surface area (Å²) in [6.45, 7) is 8.02. The van der Waals surface area contributed by atoms with Crippen molar-refractivity contribution in [3.05, 3.63) is 52.6 Å². The van der Waals surface area contributed by atoms with Crippen molar-refractivity contribution in [3.63, 3.8) is 0 Å². The molecule has 0 aromatic heterocycles. The third kappa shape index (κ3) is 3.47. The van der Waals surface area contributed by atoms with E-state index in [0.717, 1.165) is 24.0 Å². The lowest BCUT2D eigenvalue weighted by molar-refractivity contribution is -0.0871. The molecule has 1 aromatic carbocycles. The Balaban J connectivity index is 2.06. The van der Waals surface area contributed by atoms with Gasteiger partial charge in [-0.05, 0) is 52.2 Å². The Labute approximate surface area is 132 Å². The van der Waals surface area contributed by atoms with Gasteiger partial charge in [0.05, 0.1) is 5.56 Å². The van der Waals surface area contributed by atoms with Gasteiger partial charge in [-0.25, -0.2) is 0 Å². The predicted molar refractivity (Wildman–Crippen MR) is 88.1 cm³/mol. The van der Waals surface area contributed by atoms with E-state index < -0.39 is 5.79 Å². The van der Waals surface area contributed by atoms with E-state index in [4.69, 9.17) is 4.74 Å². The molecule has 0 unspecified atom stereocenters. The molecule has 22 heavy (non-hydrogen) atoms. The number of hydrogen-bond donors (Lipinski definition) is 1. The summed E-state index contributed by atoms with van der Waals surface area (Å²) in [7, 11) is 0. The van der Waals surface area contributed by atoms with Crippen molar-refractivity contribution >= 4 is 5.78 Å². The Morgan fingerprint density at radius 3 is 2.64 bits per heavy atom. The molecule has 118 valence electrons. The normalized spacial score (nSPS) is 20.6. The number of ether oxygens (including phenoxy) is 1. The molecule has 0 radical (unpaired) electrons. The first-order valence-electron chi connectivity index (χ1n) is 7.68. The van der Waals surface area contributed by atoms with Crippen LogP contribution in [-0.2, 0) is 0 Å². The lowest BCUT2D eigenvalue weighted by Gasteiger charge is -2.19. The molecule has 1 N–H and O–H groups in total. The highest BCUT2D eigenvalue weighted by molar-refractivity contribution is 6.07. The van der Waals surface area contributed by atoms with Crippen molar-refractivity contribution < 1.29 is 14.6 Å². The maximum Gasteiger partial charge on any atom is 0.276 e. The highest BCUT2D eigenvalue weighted by Gasteiger charge is 2.46. The van der Waals surface area contributed by atoms with E-state index in [1.54, 1.807) is 6.07 Å². The zero-order valence-corrected chi connectivity index (χ0v) is 13.8. The summed E-state index contributed by atoms with van der Waals surface area (Å²) in [5.74, 6) is -1.62. The minimum atomic E-state index is -1.76. The molecule has 1 aliphatic rings. The van der Waals surface area contributed by atoms with Gasteiger partial charge in [0.15, 0.2) is 0 Å². The van der Waals surface area contributed by atoms with Crippen LogP contribution in [0.2, 0.25) is 0 Å². The van der Waals surface area contributed by atoms with Crippen LogP contribution in [0, 0.1) is 6.92 Å². The number of ketones is 1. The van der Waals surface area contributed by atoms with Gasteiger partial charge in [-0.2, -0.15) is 0 Å². The summed E-state index contributed by atoms with van der Waals surface area (Å²) < 4.78 is 5.53. The molecule has 1 aliphatic heterocycles. The van der Waals surface area contributed by atoms with Crippen molar-refractivity contribution in [2.75, 3.05) is 0 Å². The van der Waals surface area contributed by atoms with Gasteiger partial charge in [0.1, 0.15) is 5.75 Å². The largest absolute Gasteiger partial charge is 0.453 e. The van der Waals surface area contributed by atoms with E-state index in [1.807, 2.05) is 32.1 Å². The topological polar surface area (TPSA) is 46.5 Å². The minimum absolute atomic E-state index is 0.181. The third-order valence-electron chi connectivity index (χ3n) is 3.91. The number of fused-ring (bicyclic) bond motifs is 1. The zero-order valence-electron chi connectivity index (χ0n) is 13.8. The van der Waals surface area contributed by atoms with Crippen LogP contribution in [0.25, 0.3) is 0 Å². The van der Waals surface area contributed by atoms with Crippen LogP contribution in [0.4, 0.5) is 0 Å². The summed E-state index contributed by atoms with van der Waals surface area (Å²) in [6.07, 6.45) is 6.15. The maximum atomic E-state index is 12.4. The molecule has 0 amide bonds. The molecule has 2 rings (SSSR count). The number of aryl methyl sites for hydroxylation is 1. The van der Waals surface area contributed by atoms with Crippen LogP contribution in [0.3, 0.4) is 0 Å². The number of carbonyl (C=O) groups is 1.